The van der Waals surface area contributed by atoms with E-state index in [0.717, 1.165) is 10.0 Å². The molecule has 1 aromatic carbocycles. The Morgan fingerprint density at radius 3 is 2.59 bits per heavy atom. The Morgan fingerprint density at radius 1 is 1.23 bits per heavy atom. The number of aliphatic hydroxyl groups excluding tert-OH is 1. The van der Waals surface area contributed by atoms with E-state index in [1.54, 1.807) is 0 Å². The first-order valence-electron chi connectivity index (χ1n) is 7.38. The van der Waals surface area contributed by atoms with Crippen molar-refractivity contribution >= 4 is 15.9 Å². The van der Waals surface area contributed by atoms with Crippen LogP contribution < -0.4 is 0 Å². The maximum absolute atomic E-state index is 9.71. The van der Waals surface area contributed by atoms with Crippen LogP contribution >= 0.6 is 15.9 Å². The Kier molecular flexibility index (Phi) is 4.60. The largest absolute Gasteiger partial charge is 0.393 e. The van der Waals surface area contributed by atoms with Crippen LogP contribution in [0.3, 0.4) is 0 Å². The first-order chi connectivity index (χ1) is 10.4. The van der Waals surface area contributed by atoms with Gasteiger partial charge in [0.25, 0.3) is 0 Å². The number of hydrogen-bond acceptors (Lipinski definition) is 5. The van der Waals surface area contributed by atoms with E-state index in [0.29, 0.717) is 19.6 Å². The van der Waals surface area contributed by atoms with Gasteiger partial charge < -0.3 is 24.1 Å². The van der Waals surface area contributed by atoms with Crippen LogP contribution in [-0.2, 0) is 25.6 Å². The SMILES string of the molecule is CC1(C)OC2CC(CO)(COCc3ccc(Br)cc3)OC2O1. The molecular weight excluding hydrogens is 352 g/mol. The molecule has 0 amide bonds. The lowest BCUT2D eigenvalue weighted by Crippen LogP contribution is -2.41. The average molecular weight is 373 g/mol. The van der Waals surface area contributed by atoms with Crippen molar-refractivity contribution in [2.45, 2.75) is 50.7 Å². The number of aliphatic hydroxyl groups is 1. The lowest BCUT2D eigenvalue weighted by Gasteiger charge is -2.29. The van der Waals surface area contributed by atoms with Crippen molar-refractivity contribution in [2.24, 2.45) is 0 Å². The summed E-state index contributed by atoms with van der Waals surface area (Å²) >= 11 is 3.40. The predicted octanol–water partition coefficient (Wildman–Crippen LogP) is 2.59. The normalized spacial score (nSPS) is 33.1. The van der Waals surface area contributed by atoms with E-state index in [9.17, 15) is 5.11 Å². The second-order valence-corrected chi connectivity index (χ2v) is 7.24. The van der Waals surface area contributed by atoms with Crippen LogP contribution in [0.4, 0.5) is 0 Å². The molecule has 0 bridgehead atoms. The smallest absolute Gasteiger partial charge is 0.188 e. The van der Waals surface area contributed by atoms with Crippen molar-refractivity contribution < 1.29 is 24.1 Å². The number of hydrogen-bond donors (Lipinski definition) is 1. The van der Waals surface area contributed by atoms with Gasteiger partial charge in [-0.05, 0) is 31.5 Å². The molecule has 2 saturated heterocycles. The van der Waals surface area contributed by atoms with Gasteiger partial charge in [0.05, 0.1) is 19.8 Å². The van der Waals surface area contributed by atoms with Crippen LogP contribution in [0.2, 0.25) is 0 Å². The minimum absolute atomic E-state index is 0.118. The Balaban J connectivity index is 1.54. The number of fused-ring (bicyclic) bond motifs is 1. The van der Waals surface area contributed by atoms with E-state index in [1.807, 2.05) is 38.1 Å². The molecule has 2 heterocycles. The number of rotatable bonds is 5. The number of benzene rings is 1. The molecule has 0 spiro atoms. The number of halogens is 1. The zero-order chi connectivity index (χ0) is 15.8. The fraction of sp³-hybridized carbons (Fsp3) is 0.625. The second-order valence-electron chi connectivity index (χ2n) is 6.32. The molecule has 0 aliphatic carbocycles. The Morgan fingerprint density at radius 2 is 1.95 bits per heavy atom. The summed E-state index contributed by atoms with van der Waals surface area (Å²) in [6, 6.07) is 7.94. The molecule has 5 nitrogen and oxygen atoms in total. The van der Waals surface area contributed by atoms with Crippen molar-refractivity contribution in [1.29, 1.82) is 0 Å². The van der Waals surface area contributed by atoms with Gasteiger partial charge in [0.15, 0.2) is 12.1 Å². The highest BCUT2D eigenvalue weighted by Gasteiger charge is 2.55. The van der Waals surface area contributed by atoms with Crippen LogP contribution in [0.1, 0.15) is 25.8 Å². The maximum atomic E-state index is 9.71. The van der Waals surface area contributed by atoms with Gasteiger partial charge in [-0.1, -0.05) is 28.1 Å². The highest BCUT2D eigenvalue weighted by Crippen LogP contribution is 2.42. The minimum Gasteiger partial charge on any atom is -0.393 e. The fourth-order valence-corrected chi connectivity index (χ4v) is 3.14. The van der Waals surface area contributed by atoms with Gasteiger partial charge in [-0.15, -0.1) is 0 Å². The van der Waals surface area contributed by atoms with Gasteiger partial charge in [0.2, 0.25) is 0 Å². The van der Waals surface area contributed by atoms with E-state index in [1.165, 1.54) is 0 Å². The molecule has 0 aromatic heterocycles. The molecule has 0 radical (unpaired) electrons. The Labute approximate surface area is 138 Å². The molecule has 3 rings (SSSR count). The summed E-state index contributed by atoms with van der Waals surface area (Å²) in [5, 5.41) is 9.71. The van der Waals surface area contributed by atoms with Gasteiger partial charge in [-0.3, -0.25) is 0 Å². The molecule has 1 N–H and O–H groups in total. The van der Waals surface area contributed by atoms with Gasteiger partial charge in [-0.2, -0.15) is 0 Å². The van der Waals surface area contributed by atoms with E-state index in [4.69, 9.17) is 18.9 Å². The van der Waals surface area contributed by atoms with Crippen molar-refractivity contribution in [3.8, 4) is 0 Å². The molecule has 2 aliphatic heterocycles. The van der Waals surface area contributed by atoms with Crippen LogP contribution in [0.25, 0.3) is 0 Å². The van der Waals surface area contributed by atoms with Crippen LogP contribution in [0.5, 0.6) is 0 Å². The molecular formula is C16H21BrO5. The molecule has 0 saturated carbocycles. The first kappa shape index (κ1) is 16.4. The molecule has 1 aromatic rings. The molecule has 3 atom stereocenters. The van der Waals surface area contributed by atoms with Crippen molar-refractivity contribution in [2.75, 3.05) is 13.2 Å². The first-order valence-corrected chi connectivity index (χ1v) is 8.17. The lowest BCUT2D eigenvalue weighted by molar-refractivity contribution is -0.239. The van der Waals surface area contributed by atoms with E-state index in [2.05, 4.69) is 15.9 Å². The van der Waals surface area contributed by atoms with Gasteiger partial charge >= 0.3 is 0 Å². The van der Waals surface area contributed by atoms with Gasteiger partial charge in [0, 0.05) is 10.9 Å². The third kappa shape index (κ3) is 3.53. The molecule has 3 unspecified atom stereocenters. The van der Waals surface area contributed by atoms with Crippen LogP contribution in [0, 0.1) is 0 Å². The third-order valence-electron chi connectivity index (χ3n) is 3.91. The summed E-state index contributed by atoms with van der Waals surface area (Å²) in [6.07, 6.45) is -0.0188. The summed E-state index contributed by atoms with van der Waals surface area (Å²) in [6.45, 7) is 4.38. The van der Waals surface area contributed by atoms with Gasteiger partial charge in [0.1, 0.15) is 11.7 Å². The monoisotopic (exact) mass is 372 g/mol. The summed E-state index contributed by atoms with van der Waals surface area (Å²) in [4.78, 5) is 0. The van der Waals surface area contributed by atoms with E-state index < -0.39 is 17.7 Å². The Hall–Kier alpha value is -0.500. The highest BCUT2D eigenvalue weighted by molar-refractivity contribution is 9.10. The summed E-state index contributed by atoms with van der Waals surface area (Å²) < 4.78 is 24.1. The molecule has 22 heavy (non-hydrogen) atoms. The minimum atomic E-state index is -0.749. The third-order valence-corrected chi connectivity index (χ3v) is 4.44. The fourth-order valence-electron chi connectivity index (χ4n) is 2.88. The van der Waals surface area contributed by atoms with Crippen molar-refractivity contribution in [3.63, 3.8) is 0 Å². The maximum Gasteiger partial charge on any atom is 0.188 e. The molecule has 122 valence electrons. The lowest BCUT2D eigenvalue weighted by atomic mass is 10.0. The van der Waals surface area contributed by atoms with Gasteiger partial charge in [-0.25, -0.2) is 0 Å². The van der Waals surface area contributed by atoms with Crippen molar-refractivity contribution in [3.05, 3.63) is 34.3 Å². The van der Waals surface area contributed by atoms with Crippen molar-refractivity contribution in [1.82, 2.24) is 0 Å². The standard InChI is InChI=1S/C16H21BrO5/c1-15(2)20-13-7-16(9-18,22-14(13)21-15)10-19-8-11-3-5-12(17)6-4-11/h3-6,13-14,18H,7-10H2,1-2H3. The van der Waals surface area contributed by atoms with Crippen LogP contribution in [-0.4, -0.2) is 42.1 Å². The summed E-state index contributed by atoms with van der Waals surface area (Å²) in [5.41, 5.74) is 0.324. The molecule has 6 heteroatoms. The van der Waals surface area contributed by atoms with E-state index in [-0.39, 0.29) is 12.7 Å². The summed E-state index contributed by atoms with van der Waals surface area (Å²) in [5.74, 6) is -0.630. The highest BCUT2D eigenvalue weighted by atomic mass is 79.9. The molecule has 2 fully saturated rings. The number of ether oxygens (including phenoxy) is 4. The predicted molar refractivity (Wildman–Crippen MR) is 83.1 cm³/mol. The Bertz CT molecular complexity index is 500. The molecule has 2 aliphatic rings. The zero-order valence-electron chi connectivity index (χ0n) is 12.8. The topological polar surface area (TPSA) is 57.2 Å². The average Bonchev–Trinajstić information content (AvgIpc) is 2.91. The van der Waals surface area contributed by atoms with E-state index >= 15 is 0 Å². The second kappa shape index (κ2) is 6.19. The quantitative estimate of drug-likeness (QED) is 0.860. The van der Waals surface area contributed by atoms with Crippen LogP contribution in [0.15, 0.2) is 28.7 Å². The zero-order valence-corrected chi connectivity index (χ0v) is 14.3. The summed E-state index contributed by atoms with van der Waals surface area (Å²) in [7, 11) is 0.